The van der Waals surface area contributed by atoms with Crippen molar-refractivity contribution < 1.29 is 4.79 Å². The van der Waals surface area contributed by atoms with Crippen molar-refractivity contribution in [1.82, 2.24) is 9.88 Å². The van der Waals surface area contributed by atoms with Crippen LogP contribution in [0.5, 0.6) is 0 Å². The summed E-state index contributed by atoms with van der Waals surface area (Å²) in [6.45, 7) is 5.26. The summed E-state index contributed by atoms with van der Waals surface area (Å²) in [7, 11) is 0. The minimum absolute atomic E-state index is 0.0858. The van der Waals surface area contributed by atoms with Gasteiger partial charge in [-0.2, -0.15) is 0 Å². The molecular formula is C19H21N3O. The van der Waals surface area contributed by atoms with Crippen molar-refractivity contribution in [3.05, 3.63) is 66.0 Å². The van der Waals surface area contributed by atoms with E-state index in [4.69, 9.17) is 0 Å². The number of hydrogen-bond acceptors (Lipinski definition) is 3. The number of aromatic nitrogens is 1. The van der Waals surface area contributed by atoms with Gasteiger partial charge in [0, 0.05) is 50.3 Å². The summed E-state index contributed by atoms with van der Waals surface area (Å²) < 4.78 is 0. The zero-order valence-electron chi connectivity index (χ0n) is 13.4. The molecule has 2 aromatic rings. The highest BCUT2D eigenvalue weighted by Crippen LogP contribution is 2.15. The zero-order valence-corrected chi connectivity index (χ0v) is 13.4. The average molecular weight is 307 g/mol. The Morgan fingerprint density at radius 3 is 2.43 bits per heavy atom. The number of anilines is 1. The Balaban J connectivity index is 1.57. The normalized spacial score (nSPS) is 15.2. The van der Waals surface area contributed by atoms with Crippen LogP contribution in [0, 0.1) is 6.92 Å². The Morgan fingerprint density at radius 1 is 1.04 bits per heavy atom. The SMILES string of the molecule is Cc1ccccc1/C=C/C(=O)N1CCN(c2ccncc2)CC1. The van der Waals surface area contributed by atoms with Crippen molar-refractivity contribution in [2.24, 2.45) is 0 Å². The molecule has 0 N–H and O–H groups in total. The number of benzene rings is 1. The van der Waals surface area contributed by atoms with E-state index in [1.807, 2.05) is 41.3 Å². The van der Waals surface area contributed by atoms with Gasteiger partial charge in [0.25, 0.3) is 0 Å². The molecule has 1 aromatic carbocycles. The second-order valence-corrected chi connectivity index (χ2v) is 5.71. The van der Waals surface area contributed by atoms with E-state index >= 15 is 0 Å². The minimum atomic E-state index is 0.0858. The minimum Gasteiger partial charge on any atom is -0.368 e. The third kappa shape index (κ3) is 3.77. The highest BCUT2D eigenvalue weighted by atomic mass is 16.2. The lowest BCUT2D eigenvalue weighted by molar-refractivity contribution is -0.126. The molecule has 2 heterocycles. The zero-order chi connectivity index (χ0) is 16.1. The van der Waals surface area contributed by atoms with E-state index in [1.54, 1.807) is 18.5 Å². The van der Waals surface area contributed by atoms with Gasteiger partial charge >= 0.3 is 0 Å². The van der Waals surface area contributed by atoms with E-state index in [2.05, 4.69) is 22.9 Å². The molecule has 0 atom stereocenters. The lowest BCUT2D eigenvalue weighted by atomic mass is 10.1. The maximum Gasteiger partial charge on any atom is 0.246 e. The molecular weight excluding hydrogens is 286 g/mol. The smallest absolute Gasteiger partial charge is 0.246 e. The number of carbonyl (C=O) groups is 1. The number of amides is 1. The van der Waals surface area contributed by atoms with E-state index in [1.165, 1.54) is 11.3 Å². The van der Waals surface area contributed by atoms with E-state index in [-0.39, 0.29) is 5.91 Å². The van der Waals surface area contributed by atoms with E-state index in [9.17, 15) is 4.79 Å². The first kappa shape index (κ1) is 15.3. The first-order chi connectivity index (χ1) is 11.2. The average Bonchev–Trinajstić information content (AvgIpc) is 2.62. The van der Waals surface area contributed by atoms with Crippen LogP contribution in [0.15, 0.2) is 54.9 Å². The Labute approximate surface area is 137 Å². The number of rotatable bonds is 3. The van der Waals surface area contributed by atoms with Crippen LogP contribution in [0.1, 0.15) is 11.1 Å². The molecule has 0 aliphatic carbocycles. The molecule has 1 saturated heterocycles. The van der Waals surface area contributed by atoms with Gasteiger partial charge in [-0.05, 0) is 36.3 Å². The maximum absolute atomic E-state index is 12.3. The van der Waals surface area contributed by atoms with Crippen molar-refractivity contribution in [3.63, 3.8) is 0 Å². The predicted molar refractivity (Wildman–Crippen MR) is 93.2 cm³/mol. The fourth-order valence-electron chi connectivity index (χ4n) is 2.78. The van der Waals surface area contributed by atoms with Crippen molar-refractivity contribution in [3.8, 4) is 0 Å². The van der Waals surface area contributed by atoms with Gasteiger partial charge in [0.2, 0.25) is 5.91 Å². The molecule has 0 spiro atoms. The molecule has 118 valence electrons. The lowest BCUT2D eigenvalue weighted by Crippen LogP contribution is -2.48. The second kappa shape index (κ2) is 7.09. The van der Waals surface area contributed by atoms with E-state index < -0.39 is 0 Å². The topological polar surface area (TPSA) is 36.4 Å². The first-order valence-electron chi connectivity index (χ1n) is 7.91. The van der Waals surface area contributed by atoms with Gasteiger partial charge in [0.15, 0.2) is 0 Å². The van der Waals surface area contributed by atoms with Gasteiger partial charge in [0.05, 0.1) is 0 Å². The number of piperazine rings is 1. The third-order valence-electron chi connectivity index (χ3n) is 4.21. The quantitative estimate of drug-likeness (QED) is 0.818. The molecule has 1 aromatic heterocycles. The molecule has 1 fully saturated rings. The summed E-state index contributed by atoms with van der Waals surface area (Å²) in [4.78, 5) is 20.6. The largest absolute Gasteiger partial charge is 0.368 e. The lowest BCUT2D eigenvalue weighted by Gasteiger charge is -2.35. The second-order valence-electron chi connectivity index (χ2n) is 5.71. The van der Waals surface area contributed by atoms with Crippen LogP contribution in [-0.2, 0) is 4.79 Å². The fraction of sp³-hybridized carbons (Fsp3) is 0.263. The van der Waals surface area contributed by atoms with Crippen molar-refractivity contribution in [2.45, 2.75) is 6.92 Å². The molecule has 0 bridgehead atoms. The highest BCUT2D eigenvalue weighted by molar-refractivity contribution is 5.92. The van der Waals surface area contributed by atoms with Crippen LogP contribution in [0.4, 0.5) is 5.69 Å². The van der Waals surface area contributed by atoms with E-state index in [0.717, 1.165) is 31.7 Å². The Bertz CT molecular complexity index is 689. The Kier molecular flexibility index (Phi) is 4.71. The first-order valence-corrected chi connectivity index (χ1v) is 7.91. The highest BCUT2D eigenvalue weighted by Gasteiger charge is 2.19. The summed E-state index contributed by atoms with van der Waals surface area (Å²) in [5.41, 5.74) is 3.44. The van der Waals surface area contributed by atoms with Crippen LogP contribution in [0.3, 0.4) is 0 Å². The molecule has 1 aliphatic rings. The van der Waals surface area contributed by atoms with E-state index in [0.29, 0.717) is 0 Å². The van der Waals surface area contributed by atoms with Crippen molar-refractivity contribution in [1.29, 1.82) is 0 Å². The van der Waals surface area contributed by atoms with Crippen LogP contribution in [0.25, 0.3) is 6.08 Å². The number of pyridine rings is 1. The molecule has 0 saturated carbocycles. The van der Waals surface area contributed by atoms with Gasteiger partial charge in [-0.25, -0.2) is 0 Å². The van der Waals surface area contributed by atoms with Gasteiger partial charge in [-0.1, -0.05) is 24.3 Å². The summed E-state index contributed by atoms with van der Waals surface area (Å²) in [5, 5.41) is 0. The molecule has 1 aliphatic heterocycles. The van der Waals surface area contributed by atoms with Crippen molar-refractivity contribution in [2.75, 3.05) is 31.1 Å². The summed E-state index contributed by atoms with van der Waals surface area (Å²) in [6, 6.07) is 12.1. The molecule has 1 amide bonds. The summed E-state index contributed by atoms with van der Waals surface area (Å²) >= 11 is 0. The number of carbonyl (C=O) groups excluding carboxylic acids is 1. The van der Waals surface area contributed by atoms with Gasteiger partial charge in [-0.3, -0.25) is 9.78 Å². The molecule has 3 rings (SSSR count). The van der Waals surface area contributed by atoms with Crippen molar-refractivity contribution >= 4 is 17.7 Å². The van der Waals surface area contributed by atoms with Gasteiger partial charge in [-0.15, -0.1) is 0 Å². The number of aryl methyl sites for hydroxylation is 1. The molecule has 0 radical (unpaired) electrons. The Morgan fingerprint density at radius 2 is 1.74 bits per heavy atom. The fourth-order valence-corrected chi connectivity index (χ4v) is 2.78. The molecule has 4 nitrogen and oxygen atoms in total. The third-order valence-corrected chi connectivity index (χ3v) is 4.21. The number of nitrogens with zero attached hydrogens (tertiary/aromatic N) is 3. The van der Waals surface area contributed by atoms with Crippen LogP contribution < -0.4 is 4.90 Å². The predicted octanol–water partition coefficient (Wildman–Crippen LogP) is 2.75. The maximum atomic E-state index is 12.3. The van der Waals surface area contributed by atoms with Crippen LogP contribution in [0.2, 0.25) is 0 Å². The monoisotopic (exact) mass is 307 g/mol. The Hall–Kier alpha value is -2.62. The van der Waals surface area contributed by atoms with Crippen LogP contribution >= 0.6 is 0 Å². The molecule has 4 heteroatoms. The molecule has 23 heavy (non-hydrogen) atoms. The van der Waals surface area contributed by atoms with Gasteiger partial charge < -0.3 is 9.80 Å². The summed E-state index contributed by atoms with van der Waals surface area (Å²) in [5.74, 6) is 0.0858. The van der Waals surface area contributed by atoms with Gasteiger partial charge in [0.1, 0.15) is 0 Å². The number of hydrogen-bond donors (Lipinski definition) is 0. The molecule has 0 unspecified atom stereocenters. The summed E-state index contributed by atoms with van der Waals surface area (Å²) in [6.07, 6.45) is 7.20. The standard InChI is InChI=1S/C19H21N3O/c1-16-4-2-3-5-17(16)6-7-19(23)22-14-12-21(13-15-22)18-8-10-20-11-9-18/h2-11H,12-15H2,1H3/b7-6+. The van der Waals surface area contributed by atoms with Crippen LogP contribution in [-0.4, -0.2) is 42.0 Å².